The van der Waals surface area contributed by atoms with Crippen molar-refractivity contribution in [3.05, 3.63) is 11.6 Å². The highest BCUT2D eigenvalue weighted by Crippen LogP contribution is 2.28. The van der Waals surface area contributed by atoms with E-state index in [1.807, 2.05) is 13.8 Å². The Morgan fingerprint density at radius 3 is 2.59 bits per heavy atom. The van der Waals surface area contributed by atoms with Crippen molar-refractivity contribution in [2.24, 2.45) is 0 Å². The molecule has 1 saturated heterocycles. The highest BCUT2D eigenvalue weighted by atomic mass is 16.2. The average Bonchev–Trinajstić information content (AvgIpc) is 3.10. The van der Waals surface area contributed by atoms with E-state index in [2.05, 4.69) is 10.2 Å². The Morgan fingerprint density at radius 2 is 2.06 bits per heavy atom. The summed E-state index contributed by atoms with van der Waals surface area (Å²) in [7, 11) is 0. The van der Waals surface area contributed by atoms with Gasteiger partial charge in [0.1, 0.15) is 0 Å². The zero-order chi connectivity index (χ0) is 12.3. The first-order valence-corrected chi connectivity index (χ1v) is 6.85. The normalized spacial score (nSPS) is 24.2. The van der Waals surface area contributed by atoms with Crippen LogP contribution in [0.25, 0.3) is 0 Å². The number of hydrogen-bond acceptors (Lipinski definition) is 2. The highest BCUT2D eigenvalue weighted by molar-refractivity contribution is 5.88. The minimum absolute atomic E-state index is 0.208. The lowest BCUT2D eigenvalue weighted by molar-refractivity contribution is -0.127. The summed E-state index contributed by atoms with van der Waals surface area (Å²) in [5.74, 6) is 0.208. The van der Waals surface area contributed by atoms with Crippen LogP contribution >= 0.6 is 0 Å². The molecule has 1 N–H and O–H groups in total. The first kappa shape index (κ1) is 12.6. The molecular formula is C14H24N2O. The van der Waals surface area contributed by atoms with Gasteiger partial charge in [0.25, 0.3) is 0 Å². The quantitative estimate of drug-likeness (QED) is 0.758. The minimum Gasteiger partial charge on any atom is -0.335 e. The summed E-state index contributed by atoms with van der Waals surface area (Å²) in [4.78, 5) is 14.2. The van der Waals surface area contributed by atoms with Crippen LogP contribution in [0, 0.1) is 0 Å². The molecule has 1 saturated carbocycles. The number of rotatable bonds is 4. The maximum atomic E-state index is 12.1. The zero-order valence-corrected chi connectivity index (χ0v) is 11.0. The molecule has 0 spiro atoms. The molecule has 3 nitrogen and oxygen atoms in total. The van der Waals surface area contributed by atoms with Crippen molar-refractivity contribution in [2.75, 3.05) is 13.1 Å². The Hall–Kier alpha value is -0.830. The Balaban J connectivity index is 1.92. The molecule has 0 aromatic carbocycles. The SMILES string of the molecule is CC(C)=CC(=O)N(CC1CCCCN1)C1CC1. The smallest absolute Gasteiger partial charge is 0.246 e. The molecule has 3 heteroatoms. The van der Waals surface area contributed by atoms with E-state index in [4.69, 9.17) is 0 Å². The van der Waals surface area contributed by atoms with Gasteiger partial charge in [0.2, 0.25) is 5.91 Å². The molecule has 1 amide bonds. The summed E-state index contributed by atoms with van der Waals surface area (Å²) in [5.41, 5.74) is 1.09. The monoisotopic (exact) mass is 236 g/mol. The van der Waals surface area contributed by atoms with Crippen LogP contribution in [-0.2, 0) is 4.79 Å². The molecule has 96 valence electrons. The topological polar surface area (TPSA) is 32.3 Å². The molecule has 1 heterocycles. The van der Waals surface area contributed by atoms with E-state index in [9.17, 15) is 4.79 Å². The van der Waals surface area contributed by atoms with E-state index in [1.54, 1.807) is 6.08 Å². The van der Waals surface area contributed by atoms with Gasteiger partial charge in [-0.25, -0.2) is 0 Å². The second-order valence-electron chi connectivity index (χ2n) is 5.59. The van der Waals surface area contributed by atoms with Crippen molar-refractivity contribution in [2.45, 2.75) is 58.0 Å². The van der Waals surface area contributed by atoms with Crippen molar-refractivity contribution >= 4 is 5.91 Å². The van der Waals surface area contributed by atoms with Gasteiger partial charge in [-0.3, -0.25) is 4.79 Å². The number of allylic oxidation sites excluding steroid dienone is 1. The molecule has 0 bridgehead atoms. The van der Waals surface area contributed by atoms with E-state index in [0.717, 1.165) is 18.7 Å². The number of hydrogen-bond donors (Lipinski definition) is 1. The minimum atomic E-state index is 0.208. The molecule has 1 aliphatic heterocycles. The Bertz CT molecular complexity index is 297. The molecular weight excluding hydrogens is 212 g/mol. The first-order chi connectivity index (χ1) is 8.16. The molecule has 1 aliphatic carbocycles. The lowest BCUT2D eigenvalue weighted by Crippen LogP contribution is -2.46. The fourth-order valence-corrected chi connectivity index (χ4v) is 2.45. The molecule has 2 rings (SSSR count). The maximum absolute atomic E-state index is 12.1. The van der Waals surface area contributed by atoms with E-state index < -0.39 is 0 Å². The third-order valence-electron chi connectivity index (χ3n) is 3.51. The van der Waals surface area contributed by atoms with Crippen molar-refractivity contribution in [1.29, 1.82) is 0 Å². The molecule has 0 aromatic heterocycles. The van der Waals surface area contributed by atoms with Crippen molar-refractivity contribution in [1.82, 2.24) is 10.2 Å². The standard InChI is InChI=1S/C14H24N2O/c1-11(2)9-14(17)16(13-6-7-13)10-12-5-3-4-8-15-12/h9,12-13,15H,3-8,10H2,1-2H3. The lowest BCUT2D eigenvalue weighted by atomic mass is 10.0. The van der Waals surface area contributed by atoms with Crippen LogP contribution < -0.4 is 5.32 Å². The summed E-state index contributed by atoms with van der Waals surface area (Å²) in [5, 5.41) is 3.53. The summed E-state index contributed by atoms with van der Waals surface area (Å²) in [6.07, 6.45) is 7.95. The van der Waals surface area contributed by atoms with Crippen LogP contribution in [0.4, 0.5) is 0 Å². The van der Waals surface area contributed by atoms with E-state index >= 15 is 0 Å². The van der Waals surface area contributed by atoms with Crippen molar-refractivity contribution in [3.63, 3.8) is 0 Å². The number of nitrogens with zero attached hydrogens (tertiary/aromatic N) is 1. The Kier molecular flexibility index (Phi) is 4.21. The second-order valence-corrected chi connectivity index (χ2v) is 5.59. The molecule has 2 aliphatic rings. The summed E-state index contributed by atoms with van der Waals surface area (Å²) < 4.78 is 0. The van der Waals surface area contributed by atoms with E-state index in [1.165, 1.54) is 32.1 Å². The molecule has 17 heavy (non-hydrogen) atoms. The summed E-state index contributed by atoms with van der Waals surface area (Å²) >= 11 is 0. The lowest BCUT2D eigenvalue weighted by Gasteiger charge is -2.30. The highest BCUT2D eigenvalue weighted by Gasteiger charge is 2.33. The number of nitrogens with one attached hydrogen (secondary N) is 1. The van der Waals surface area contributed by atoms with Crippen LogP contribution in [0.3, 0.4) is 0 Å². The molecule has 0 radical (unpaired) electrons. The van der Waals surface area contributed by atoms with E-state index in [0.29, 0.717) is 12.1 Å². The van der Waals surface area contributed by atoms with Gasteiger partial charge in [-0.2, -0.15) is 0 Å². The molecule has 0 aromatic rings. The summed E-state index contributed by atoms with van der Waals surface area (Å²) in [6.45, 7) is 5.98. The van der Waals surface area contributed by atoms with Crippen LogP contribution in [0.1, 0.15) is 46.0 Å². The predicted molar refractivity (Wildman–Crippen MR) is 69.8 cm³/mol. The van der Waals surface area contributed by atoms with Crippen LogP contribution in [0.5, 0.6) is 0 Å². The number of carbonyl (C=O) groups is 1. The third-order valence-corrected chi connectivity index (χ3v) is 3.51. The molecule has 1 atom stereocenters. The van der Waals surface area contributed by atoms with Gasteiger partial charge in [-0.15, -0.1) is 0 Å². The number of amides is 1. The van der Waals surface area contributed by atoms with Crippen LogP contribution in [0.15, 0.2) is 11.6 Å². The third kappa shape index (κ3) is 3.84. The van der Waals surface area contributed by atoms with Gasteiger partial charge >= 0.3 is 0 Å². The fourth-order valence-electron chi connectivity index (χ4n) is 2.45. The number of piperidine rings is 1. The van der Waals surface area contributed by atoms with Crippen LogP contribution in [-0.4, -0.2) is 36.0 Å². The van der Waals surface area contributed by atoms with Gasteiger partial charge in [-0.05, 0) is 46.1 Å². The fraction of sp³-hybridized carbons (Fsp3) is 0.786. The molecule has 2 fully saturated rings. The van der Waals surface area contributed by atoms with Gasteiger partial charge in [0.15, 0.2) is 0 Å². The second kappa shape index (κ2) is 5.67. The predicted octanol–water partition coefficient (Wildman–Crippen LogP) is 2.09. The van der Waals surface area contributed by atoms with Crippen molar-refractivity contribution in [3.8, 4) is 0 Å². The van der Waals surface area contributed by atoms with Gasteiger partial charge in [-0.1, -0.05) is 12.0 Å². The largest absolute Gasteiger partial charge is 0.335 e. The van der Waals surface area contributed by atoms with Gasteiger partial charge in [0, 0.05) is 24.7 Å². The maximum Gasteiger partial charge on any atom is 0.246 e. The first-order valence-electron chi connectivity index (χ1n) is 6.85. The van der Waals surface area contributed by atoms with E-state index in [-0.39, 0.29) is 5.91 Å². The van der Waals surface area contributed by atoms with Crippen LogP contribution in [0.2, 0.25) is 0 Å². The Morgan fingerprint density at radius 1 is 1.29 bits per heavy atom. The summed E-state index contributed by atoms with van der Waals surface area (Å²) in [6, 6.07) is 1.03. The van der Waals surface area contributed by atoms with Crippen molar-refractivity contribution < 1.29 is 4.79 Å². The van der Waals surface area contributed by atoms with Gasteiger partial charge in [0.05, 0.1) is 0 Å². The average molecular weight is 236 g/mol. The Labute approximate surface area is 104 Å². The zero-order valence-electron chi connectivity index (χ0n) is 11.0. The van der Waals surface area contributed by atoms with Gasteiger partial charge < -0.3 is 10.2 Å². The molecule has 1 unspecified atom stereocenters. The number of carbonyl (C=O) groups excluding carboxylic acids is 1.